The SMILES string of the molecule is OC(COc1ccccc1C(F)(F)F)c1ccccc1F. The highest BCUT2D eigenvalue weighted by molar-refractivity contribution is 5.35. The molecule has 0 spiro atoms. The molecule has 0 radical (unpaired) electrons. The third-order valence-electron chi connectivity index (χ3n) is 2.85. The van der Waals surface area contributed by atoms with Gasteiger partial charge in [-0.05, 0) is 18.2 Å². The summed E-state index contributed by atoms with van der Waals surface area (Å²) in [6, 6.07) is 10.1. The summed E-state index contributed by atoms with van der Waals surface area (Å²) in [5.41, 5.74) is -0.965. The summed E-state index contributed by atoms with van der Waals surface area (Å²) in [4.78, 5) is 0. The average Bonchev–Trinajstić information content (AvgIpc) is 2.44. The molecule has 2 rings (SSSR count). The Kier molecular flexibility index (Phi) is 4.47. The second kappa shape index (κ2) is 6.13. The average molecular weight is 300 g/mol. The van der Waals surface area contributed by atoms with Crippen LogP contribution in [0.25, 0.3) is 0 Å². The first kappa shape index (κ1) is 15.3. The van der Waals surface area contributed by atoms with Crippen molar-refractivity contribution in [3.8, 4) is 5.75 Å². The summed E-state index contributed by atoms with van der Waals surface area (Å²) < 4.78 is 56.7. The van der Waals surface area contributed by atoms with Crippen LogP contribution in [-0.4, -0.2) is 11.7 Å². The number of alkyl halides is 3. The Morgan fingerprint density at radius 1 is 1.00 bits per heavy atom. The highest BCUT2D eigenvalue weighted by atomic mass is 19.4. The van der Waals surface area contributed by atoms with E-state index in [-0.39, 0.29) is 5.56 Å². The quantitative estimate of drug-likeness (QED) is 0.866. The van der Waals surface area contributed by atoms with Crippen LogP contribution in [0.2, 0.25) is 0 Å². The van der Waals surface area contributed by atoms with Gasteiger partial charge < -0.3 is 9.84 Å². The maximum Gasteiger partial charge on any atom is 0.419 e. The second-order valence-corrected chi connectivity index (χ2v) is 4.34. The van der Waals surface area contributed by atoms with Crippen molar-refractivity contribution >= 4 is 0 Å². The molecule has 21 heavy (non-hydrogen) atoms. The molecule has 0 heterocycles. The van der Waals surface area contributed by atoms with Crippen LogP contribution in [0.4, 0.5) is 17.6 Å². The van der Waals surface area contributed by atoms with E-state index in [0.29, 0.717) is 0 Å². The van der Waals surface area contributed by atoms with Crippen LogP contribution in [-0.2, 0) is 6.18 Å². The Bertz CT molecular complexity index is 611. The molecular weight excluding hydrogens is 288 g/mol. The van der Waals surface area contributed by atoms with E-state index in [9.17, 15) is 22.7 Å². The fourth-order valence-corrected chi connectivity index (χ4v) is 1.83. The van der Waals surface area contributed by atoms with E-state index in [1.54, 1.807) is 0 Å². The van der Waals surface area contributed by atoms with E-state index >= 15 is 0 Å². The molecule has 0 aliphatic heterocycles. The van der Waals surface area contributed by atoms with Gasteiger partial charge in [-0.15, -0.1) is 0 Å². The van der Waals surface area contributed by atoms with Gasteiger partial charge in [-0.3, -0.25) is 0 Å². The molecule has 2 aromatic rings. The predicted octanol–water partition coefficient (Wildman–Crippen LogP) is 3.96. The Morgan fingerprint density at radius 3 is 2.29 bits per heavy atom. The predicted molar refractivity (Wildman–Crippen MR) is 68.3 cm³/mol. The fraction of sp³-hybridized carbons (Fsp3) is 0.200. The van der Waals surface area contributed by atoms with Gasteiger partial charge in [0.1, 0.15) is 24.3 Å². The smallest absolute Gasteiger partial charge is 0.419 e. The first-order chi connectivity index (χ1) is 9.89. The van der Waals surface area contributed by atoms with Gasteiger partial charge >= 0.3 is 6.18 Å². The molecule has 1 unspecified atom stereocenters. The van der Waals surface area contributed by atoms with Gasteiger partial charge in [0, 0.05) is 5.56 Å². The molecule has 0 aliphatic rings. The van der Waals surface area contributed by atoms with Crippen molar-refractivity contribution in [2.75, 3.05) is 6.61 Å². The van der Waals surface area contributed by atoms with Crippen molar-refractivity contribution in [2.45, 2.75) is 12.3 Å². The van der Waals surface area contributed by atoms with Gasteiger partial charge in [0.25, 0.3) is 0 Å². The van der Waals surface area contributed by atoms with E-state index in [2.05, 4.69) is 0 Å². The number of hydrogen-bond donors (Lipinski definition) is 1. The third kappa shape index (κ3) is 3.72. The molecule has 112 valence electrons. The number of halogens is 4. The molecule has 0 saturated carbocycles. The monoisotopic (exact) mass is 300 g/mol. The van der Waals surface area contributed by atoms with E-state index in [0.717, 1.165) is 18.2 Å². The topological polar surface area (TPSA) is 29.5 Å². The van der Waals surface area contributed by atoms with Crippen molar-refractivity contribution in [1.82, 2.24) is 0 Å². The van der Waals surface area contributed by atoms with Crippen LogP contribution in [0.15, 0.2) is 48.5 Å². The number of para-hydroxylation sites is 1. The van der Waals surface area contributed by atoms with Crippen LogP contribution in [0, 0.1) is 5.82 Å². The molecule has 0 saturated heterocycles. The minimum Gasteiger partial charge on any atom is -0.490 e. The molecule has 1 N–H and O–H groups in total. The molecule has 2 aromatic carbocycles. The lowest BCUT2D eigenvalue weighted by Gasteiger charge is -2.16. The molecule has 2 nitrogen and oxygen atoms in total. The lowest BCUT2D eigenvalue weighted by atomic mass is 10.1. The van der Waals surface area contributed by atoms with Crippen molar-refractivity contribution < 1.29 is 27.4 Å². The van der Waals surface area contributed by atoms with E-state index < -0.39 is 36.0 Å². The minimum atomic E-state index is -4.56. The van der Waals surface area contributed by atoms with Crippen molar-refractivity contribution in [3.63, 3.8) is 0 Å². The molecule has 0 bridgehead atoms. The van der Waals surface area contributed by atoms with Crippen molar-refractivity contribution in [2.24, 2.45) is 0 Å². The molecule has 0 fully saturated rings. The summed E-state index contributed by atoms with van der Waals surface area (Å²) in [7, 11) is 0. The lowest BCUT2D eigenvalue weighted by molar-refractivity contribution is -0.139. The van der Waals surface area contributed by atoms with Crippen LogP contribution < -0.4 is 4.74 Å². The minimum absolute atomic E-state index is 0.0259. The highest BCUT2D eigenvalue weighted by Crippen LogP contribution is 2.36. The number of aliphatic hydroxyl groups excluding tert-OH is 1. The van der Waals surface area contributed by atoms with Crippen LogP contribution in [0.5, 0.6) is 5.75 Å². The first-order valence-electron chi connectivity index (χ1n) is 6.11. The van der Waals surface area contributed by atoms with Crippen molar-refractivity contribution in [1.29, 1.82) is 0 Å². The number of benzene rings is 2. The number of rotatable bonds is 4. The van der Waals surface area contributed by atoms with Gasteiger partial charge in [-0.25, -0.2) is 4.39 Å². The van der Waals surface area contributed by atoms with E-state index in [1.165, 1.54) is 30.3 Å². The normalized spacial score (nSPS) is 13.0. The Morgan fingerprint density at radius 2 is 1.62 bits per heavy atom. The van der Waals surface area contributed by atoms with Gasteiger partial charge in [0.15, 0.2) is 0 Å². The summed E-state index contributed by atoms with van der Waals surface area (Å²) in [6.07, 6.45) is -5.91. The Hall–Kier alpha value is -2.08. The molecule has 0 amide bonds. The molecule has 6 heteroatoms. The maximum absolute atomic E-state index is 13.4. The van der Waals surface area contributed by atoms with Crippen LogP contribution in [0.1, 0.15) is 17.2 Å². The van der Waals surface area contributed by atoms with E-state index in [4.69, 9.17) is 4.74 Å². The second-order valence-electron chi connectivity index (χ2n) is 4.34. The standard InChI is InChI=1S/C15H12F4O2/c16-12-7-3-1-5-10(12)13(20)9-21-14-8-4-2-6-11(14)15(17,18)19/h1-8,13,20H,9H2. The Balaban J connectivity index is 2.12. The zero-order valence-corrected chi connectivity index (χ0v) is 10.8. The first-order valence-corrected chi connectivity index (χ1v) is 6.11. The van der Waals surface area contributed by atoms with Crippen LogP contribution >= 0.6 is 0 Å². The highest BCUT2D eigenvalue weighted by Gasteiger charge is 2.34. The molecule has 0 aromatic heterocycles. The maximum atomic E-state index is 13.4. The molecular formula is C15H12F4O2. The third-order valence-corrected chi connectivity index (χ3v) is 2.85. The van der Waals surface area contributed by atoms with Gasteiger partial charge in [-0.2, -0.15) is 13.2 Å². The Labute approximate surface area is 118 Å². The van der Waals surface area contributed by atoms with Gasteiger partial charge in [-0.1, -0.05) is 30.3 Å². The lowest BCUT2D eigenvalue weighted by Crippen LogP contribution is -2.14. The van der Waals surface area contributed by atoms with Crippen LogP contribution in [0.3, 0.4) is 0 Å². The van der Waals surface area contributed by atoms with Gasteiger partial charge in [0.2, 0.25) is 0 Å². The number of aliphatic hydroxyl groups is 1. The summed E-state index contributed by atoms with van der Waals surface area (Å²) in [5, 5.41) is 9.81. The number of hydrogen-bond acceptors (Lipinski definition) is 2. The molecule has 1 atom stereocenters. The number of ether oxygens (including phenoxy) is 1. The zero-order valence-electron chi connectivity index (χ0n) is 10.8. The zero-order chi connectivity index (χ0) is 15.5. The van der Waals surface area contributed by atoms with E-state index in [1.807, 2.05) is 0 Å². The van der Waals surface area contributed by atoms with Gasteiger partial charge in [0.05, 0.1) is 5.56 Å². The molecule has 0 aliphatic carbocycles. The summed E-state index contributed by atoms with van der Waals surface area (Å²) in [5.74, 6) is -1.04. The summed E-state index contributed by atoms with van der Waals surface area (Å²) >= 11 is 0. The largest absolute Gasteiger partial charge is 0.490 e. The summed E-state index contributed by atoms with van der Waals surface area (Å²) in [6.45, 7) is -0.478. The fourth-order valence-electron chi connectivity index (χ4n) is 1.83. The van der Waals surface area contributed by atoms with Crippen molar-refractivity contribution in [3.05, 3.63) is 65.5 Å².